The summed E-state index contributed by atoms with van der Waals surface area (Å²) in [5.41, 5.74) is 3.03. The largest absolute Gasteiger partial charge is 0.502 e. The average Bonchev–Trinajstić information content (AvgIpc) is 2.70. The van der Waals surface area contributed by atoms with E-state index >= 15 is 0 Å². The number of hydrogen-bond donors (Lipinski definition) is 1. The van der Waals surface area contributed by atoms with E-state index in [-0.39, 0.29) is 11.6 Å². The van der Waals surface area contributed by atoms with Gasteiger partial charge in [0.1, 0.15) is 0 Å². The number of nitrogens with zero attached hydrogens (tertiary/aromatic N) is 2. The lowest BCUT2D eigenvalue weighted by atomic mass is 10.1. The number of methoxy groups -OCH3 is 1. The van der Waals surface area contributed by atoms with E-state index in [1.54, 1.807) is 11.7 Å². The second-order valence-electron chi connectivity index (χ2n) is 5.20. The minimum Gasteiger partial charge on any atom is -0.502 e. The molecule has 0 saturated carbocycles. The Hall–Kier alpha value is -2.30. The SMILES string of the molecule is CO/C(C)=C/CCn1c(O)c(N=O)c2cc(C)cc(C)c21. The third kappa shape index (κ3) is 2.77. The number of ether oxygens (including phenoxy) is 1. The molecule has 0 atom stereocenters. The van der Waals surface area contributed by atoms with E-state index in [9.17, 15) is 10.0 Å². The van der Waals surface area contributed by atoms with Crippen LogP contribution in [0.1, 0.15) is 24.5 Å². The van der Waals surface area contributed by atoms with Gasteiger partial charge in [0, 0.05) is 11.9 Å². The fourth-order valence-corrected chi connectivity index (χ4v) is 2.64. The van der Waals surface area contributed by atoms with Crippen LogP contribution in [0, 0.1) is 18.8 Å². The molecule has 0 aliphatic carbocycles. The van der Waals surface area contributed by atoms with Gasteiger partial charge in [-0.2, -0.15) is 0 Å². The van der Waals surface area contributed by atoms with Crippen LogP contribution < -0.4 is 0 Å². The fraction of sp³-hybridized carbons (Fsp3) is 0.375. The van der Waals surface area contributed by atoms with Gasteiger partial charge in [0.25, 0.3) is 0 Å². The molecule has 1 aromatic carbocycles. The van der Waals surface area contributed by atoms with Crippen molar-refractivity contribution in [2.45, 2.75) is 33.7 Å². The fourth-order valence-electron chi connectivity index (χ4n) is 2.64. The number of aromatic hydroxyl groups is 1. The number of allylic oxidation sites excluding steroid dienone is 2. The molecule has 2 rings (SSSR count). The summed E-state index contributed by atoms with van der Waals surface area (Å²) in [6, 6.07) is 3.91. The molecule has 0 aliphatic rings. The highest BCUT2D eigenvalue weighted by molar-refractivity contribution is 5.97. The Labute approximate surface area is 123 Å². The maximum atomic E-state index is 11.1. The predicted molar refractivity (Wildman–Crippen MR) is 83.9 cm³/mol. The summed E-state index contributed by atoms with van der Waals surface area (Å²) >= 11 is 0. The Morgan fingerprint density at radius 2 is 2.14 bits per heavy atom. The first-order valence-corrected chi connectivity index (χ1v) is 6.86. The normalized spacial score (nSPS) is 11.9. The van der Waals surface area contributed by atoms with Crippen molar-refractivity contribution in [3.63, 3.8) is 0 Å². The van der Waals surface area contributed by atoms with Gasteiger partial charge in [0.2, 0.25) is 5.88 Å². The van der Waals surface area contributed by atoms with E-state index in [4.69, 9.17) is 4.74 Å². The standard InChI is InChI=1S/C16H20N2O3/c1-10-8-11(2)15-13(9-10)14(17-20)16(19)18(15)7-5-6-12(3)21-4/h6,8-9,19H,5,7H2,1-4H3/b12-6+. The van der Waals surface area contributed by atoms with E-state index in [1.807, 2.05) is 39.0 Å². The molecular weight excluding hydrogens is 268 g/mol. The van der Waals surface area contributed by atoms with E-state index in [1.165, 1.54) is 0 Å². The van der Waals surface area contributed by atoms with Crippen molar-refractivity contribution >= 4 is 16.6 Å². The highest BCUT2D eigenvalue weighted by Crippen LogP contribution is 2.40. The minimum atomic E-state index is -0.0721. The molecule has 0 amide bonds. The van der Waals surface area contributed by atoms with Crippen molar-refractivity contribution in [1.29, 1.82) is 0 Å². The van der Waals surface area contributed by atoms with Crippen molar-refractivity contribution in [2.24, 2.45) is 5.18 Å². The molecule has 1 heterocycles. The number of rotatable bonds is 5. The zero-order valence-electron chi connectivity index (χ0n) is 12.8. The maximum Gasteiger partial charge on any atom is 0.222 e. The molecular formula is C16H20N2O3. The molecule has 0 unspecified atom stereocenters. The molecule has 2 aromatic rings. The van der Waals surface area contributed by atoms with Gasteiger partial charge in [0.15, 0.2) is 5.69 Å². The smallest absolute Gasteiger partial charge is 0.222 e. The van der Waals surface area contributed by atoms with Gasteiger partial charge in [-0.05, 0) is 50.1 Å². The van der Waals surface area contributed by atoms with Gasteiger partial charge < -0.3 is 14.4 Å². The summed E-state index contributed by atoms with van der Waals surface area (Å²) in [5, 5.41) is 14.0. The monoisotopic (exact) mass is 288 g/mol. The summed E-state index contributed by atoms with van der Waals surface area (Å²) in [7, 11) is 1.62. The number of aromatic nitrogens is 1. The maximum absolute atomic E-state index is 11.1. The second-order valence-corrected chi connectivity index (χ2v) is 5.20. The molecule has 21 heavy (non-hydrogen) atoms. The number of fused-ring (bicyclic) bond motifs is 1. The third-order valence-electron chi connectivity index (χ3n) is 3.64. The van der Waals surface area contributed by atoms with Gasteiger partial charge in [-0.15, -0.1) is 4.91 Å². The number of nitroso groups, excluding NO2 is 1. The van der Waals surface area contributed by atoms with Crippen LogP contribution in [0.3, 0.4) is 0 Å². The number of aryl methyl sites for hydroxylation is 3. The van der Waals surface area contributed by atoms with E-state index < -0.39 is 0 Å². The zero-order chi connectivity index (χ0) is 15.6. The summed E-state index contributed by atoms with van der Waals surface area (Å²) in [4.78, 5) is 11.1. The lowest BCUT2D eigenvalue weighted by molar-refractivity contribution is 0.291. The lowest BCUT2D eigenvalue weighted by Crippen LogP contribution is -1.98. The Morgan fingerprint density at radius 3 is 2.76 bits per heavy atom. The quantitative estimate of drug-likeness (QED) is 0.659. The van der Waals surface area contributed by atoms with Gasteiger partial charge in [0.05, 0.1) is 18.4 Å². The molecule has 0 saturated heterocycles. The van der Waals surface area contributed by atoms with Crippen LogP contribution in [-0.4, -0.2) is 16.8 Å². The van der Waals surface area contributed by atoms with Crippen molar-refractivity contribution < 1.29 is 9.84 Å². The van der Waals surface area contributed by atoms with Gasteiger partial charge >= 0.3 is 0 Å². The third-order valence-corrected chi connectivity index (χ3v) is 3.64. The van der Waals surface area contributed by atoms with Gasteiger partial charge in [-0.1, -0.05) is 11.6 Å². The molecule has 0 aliphatic heterocycles. The molecule has 0 radical (unpaired) electrons. The first-order chi connectivity index (χ1) is 9.99. The predicted octanol–water partition coefficient (Wildman–Crippen LogP) is 4.30. The Kier molecular flexibility index (Phi) is 4.31. The van der Waals surface area contributed by atoms with E-state index in [2.05, 4.69) is 5.18 Å². The minimum absolute atomic E-state index is 0.0721. The number of hydrogen-bond acceptors (Lipinski definition) is 4. The van der Waals surface area contributed by atoms with Crippen LogP contribution >= 0.6 is 0 Å². The summed E-state index contributed by atoms with van der Waals surface area (Å²) < 4.78 is 6.83. The Bertz CT molecular complexity index is 714. The summed E-state index contributed by atoms with van der Waals surface area (Å²) in [6.45, 7) is 6.36. The summed E-state index contributed by atoms with van der Waals surface area (Å²) in [6.07, 6.45) is 2.64. The van der Waals surface area contributed by atoms with Crippen LogP contribution in [0.4, 0.5) is 5.69 Å². The van der Waals surface area contributed by atoms with Crippen molar-refractivity contribution in [3.05, 3.63) is 40.0 Å². The first kappa shape index (κ1) is 15.1. The number of benzene rings is 1. The molecule has 1 aromatic heterocycles. The lowest BCUT2D eigenvalue weighted by Gasteiger charge is -2.08. The molecule has 5 heteroatoms. The van der Waals surface area contributed by atoms with Crippen LogP contribution in [0.25, 0.3) is 10.9 Å². The molecule has 5 nitrogen and oxygen atoms in total. The molecule has 0 spiro atoms. The van der Waals surface area contributed by atoms with Crippen molar-refractivity contribution in [1.82, 2.24) is 4.57 Å². The van der Waals surface area contributed by atoms with Crippen LogP contribution in [0.2, 0.25) is 0 Å². The topological polar surface area (TPSA) is 63.8 Å². The van der Waals surface area contributed by atoms with Gasteiger partial charge in [-0.3, -0.25) is 0 Å². The Balaban J connectivity index is 2.53. The highest BCUT2D eigenvalue weighted by atomic mass is 16.5. The molecule has 0 bridgehead atoms. The van der Waals surface area contributed by atoms with Gasteiger partial charge in [-0.25, -0.2) is 0 Å². The molecule has 0 fully saturated rings. The van der Waals surface area contributed by atoms with E-state index in [0.29, 0.717) is 18.4 Å². The molecule has 1 N–H and O–H groups in total. The average molecular weight is 288 g/mol. The highest BCUT2D eigenvalue weighted by Gasteiger charge is 2.18. The molecule has 112 valence electrons. The van der Waals surface area contributed by atoms with Crippen molar-refractivity contribution in [2.75, 3.05) is 7.11 Å². The Morgan fingerprint density at radius 1 is 1.43 bits per heavy atom. The van der Waals surface area contributed by atoms with Crippen LogP contribution in [-0.2, 0) is 11.3 Å². The second kappa shape index (κ2) is 5.99. The summed E-state index contributed by atoms with van der Waals surface area (Å²) in [5.74, 6) is 0.754. The first-order valence-electron chi connectivity index (χ1n) is 6.86. The van der Waals surface area contributed by atoms with Crippen LogP contribution in [0.5, 0.6) is 5.88 Å². The van der Waals surface area contributed by atoms with E-state index in [0.717, 1.165) is 22.4 Å². The van der Waals surface area contributed by atoms with Crippen LogP contribution in [0.15, 0.2) is 29.1 Å². The van der Waals surface area contributed by atoms with Crippen molar-refractivity contribution in [3.8, 4) is 5.88 Å². The zero-order valence-corrected chi connectivity index (χ0v) is 12.8.